The standard InChI is InChI=1S/C11H12N4O2/c1-6-3-4-8(9(16)5-6)10(17)13-11-12-7(2)14-15-11/h3-5,16H,1-2H3,(H2,12,13,14,15,17). The number of hydrogen-bond acceptors (Lipinski definition) is 4. The van der Waals surface area contributed by atoms with Crippen molar-refractivity contribution in [2.75, 3.05) is 5.32 Å². The van der Waals surface area contributed by atoms with E-state index < -0.39 is 5.91 Å². The van der Waals surface area contributed by atoms with E-state index >= 15 is 0 Å². The zero-order valence-electron chi connectivity index (χ0n) is 9.48. The lowest BCUT2D eigenvalue weighted by molar-refractivity contribution is 0.102. The molecule has 0 radical (unpaired) electrons. The van der Waals surface area contributed by atoms with Crippen molar-refractivity contribution in [2.45, 2.75) is 13.8 Å². The van der Waals surface area contributed by atoms with E-state index in [2.05, 4.69) is 20.5 Å². The Labute approximate surface area is 97.7 Å². The van der Waals surface area contributed by atoms with Crippen LogP contribution in [-0.4, -0.2) is 26.2 Å². The molecule has 2 rings (SSSR count). The van der Waals surface area contributed by atoms with Crippen LogP contribution in [-0.2, 0) is 0 Å². The second-order valence-electron chi connectivity index (χ2n) is 3.72. The molecule has 0 saturated heterocycles. The zero-order chi connectivity index (χ0) is 12.4. The molecule has 0 atom stereocenters. The molecule has 0 aliphatic rings. The first-order chi connectivity index (χ1) is 8.06. The number of benzene rings is 1. The number of nitrogens with zero attached hydrogens (tertiary/aromatic N) is 2. The first-order valence-corrected chi connectivity index (χ1v) is 5.06. The van der Waals surface area contributed by atoms with E-state index in [0.717, 1.165) is 5.56 Å². The van der Waals surface area contributed by atoms with E-state index in [0.29, 0.717) is 5.82 Å². The summed E-state index contributed by atoms with van der Waals surface area (Å²) in [6.45, 7) is 3.56. The molecular weight excluding hydrogens is 220 g/mol. The number of nitrogens with one attached hydrogen (secondary N) is 2. The van der Waals surface area contributed by atoms with E-state index in [9.17, 15) is 9.90 Å². The van der Waals surface area contributed by atoms with Crippen molar-refractivity contribution in [1.29, 1.82) is 0 Å². The maximum atomic E-state index is 11.8. The number of aromatic hydroxyl groups is 1. The Morgan fingerprint density at radius 1 is 1.41 bits per heavy atom. The molecule has 2 aromatic rings. The van der Waals surface area contributed by atoms with Crippen LogP contribution < -0.4 is 5.32 Å². The topological polar surface area (TPSA) is 90.9 Å². The number of aromatic nitrogens is 3. The first-order valence-electron chi connectivity index (χ1n) is 5.06. The molecule has 0 fully saturated rings. The number of carbonyl (C=O) groups is 1. The minimum atomic E-state index is -0.443. The maximum absolute atomic E-state index is 11.8. The summed E-state index contributed by atoms with van der Waals surface area (Å²) in [5, 5.41) is 18.5. The lowest BCUT2D eigenvalue weighted by Gasteiger charge is -2.04. The van der Waals surface area contributed by atoms with E-state index in [1.54, 1.807) is 19.1 Å². The maximum Gasteiger partial charge on any atom is 0.261 e. The Balaban J connectivity index is 2.20. The first kappa shape index (κ1) is 11.1. The van der Waals surface area contributed by atoms with Crippen LogP contribution in [0.1, 0.15) is 21.7 Å². The number of amides is 1. The molecule has 17 heavy (non-hydrogen) atoms. The quantitative estimate of drug-likeness (QED) is 0.729. The molecule has 1 aromatic heterocycles. The van der Waals surface area contributed by atoms with Crippen molar-refractivity contribution in [3.63, 3.8) is 0 Å². The van der Waals surface area contributed by atoms with Crippen molar-refractivity contribution in [3.05, 3.63) is 35.2 Å². The van der Waals surface area contributed by atoms with Crippen LogP contribution >= 0.6 is 0 Å². The fourth-order valence-corrected chi connectivity index (χ4v) is 1.40. The molecule has 0 bridgehead atoms. The van der Waals surface area contributed by atoms with Gasteiger partial charge in [-0.2, -0.15) is 4.98 Å². The minimum absolute atomic E-state index is 0.0604. The number of anilines is 1. The number of phenolic OH excluding ortho intramolecular Hbond substituents is 1. The number of H-pyrrole nitrogens is 1. The van der Waals surface area contributed by atoms with Gasteiger partial charge in [-0.25, -0.2) is 0 Å². The van der Waals surface area contributed by atoms with Crippen LogP contribution in [0.5, 0.6) is 5.75 Å². The molecular formula is C11H12N4O2. The Kier molecular flexibility index (Phi) is 2.78. The number of aromatic amines is 1. The van der Waals surface area contributed by atoms with Gasteiger partial charge in [-0.1, -0.05) is 6.07 Å². The summed E-state index contributed by atoms with van der Waals surface area (Å²) < 4.78 is 0. The summed E-state index contributed by atoms with van der Waals surface area (Å²) in [6, 6.07) is 4.83. The monoisotopic (exact) mass is 232 g/mol. The van der Waals surface area contributed by atoms with Crippen molar-refractivity contribution >= 4 is 11.9 Å². The number of hydrogen-bond donors (Lipinski definition) is 3. The summed E-state index contributed by atoms with van der Waals surface area (Å²) in [6.07, 6.45) is 0. The highest BCUT2D eigenvalue weighted by atomic mass is 16.3. The van der Waals surface area contributed by atoms with Crippen LogP contribution in [0, 0.1) is 13.8 Å². The molecule has 1 amide bonds. The molecule has 1 heterocycles. The summed E-state index contributed by atoms with van der Waals surface area (Å²) in [5.74, 6) is 0.289. The van der Waals surface area contributed by atoms with Gasteiger partial charge in [-0.3, -0.25) is 15.2 Å². The Bertz CT molecular complexity index is 562. The SMILES string of the molecule is Cc1ccc(C(=O)Nc2n[nH]c(C)n2)c(O)c1. The Morgan fingerprint density at radius 2 is 2.18 bits per heavy atom. The van der Waals surface area contributed by atoms with Gasteiger partial charge in [0, 0.05) is 0 Å². The average Bonchev–Trinajstić information content (AvgIpc) is 2.63. The van der Waals surface area contributed by atoms with E-state index in [-0.39, 0.29) is 17.3 Å². The summed E-state index contributed by atoms with van der Waals surface area (Å²) in [7, 11) is 0. The van der Waals surface area contributed by atoms with Gasteiger partial charge in [0.15, 0.2) is 0 Å². The molecule has 1 aromatic carbocycles. The van der Waals surface area contributed by atoms with Crippen LogP contribution in [0.25, 0.3) is 0 Å². The number of rotatable bonds is 2. The lowest BCUT2D eigenvalue weighted by atomic mass is 10.1. The second kappa shape index (κ2) is 4.25. The average molecular weight is 232 g/mol. The molecule has 0 spiro atoms. The van der Waals surface area contributed by atoms with Crippen molar-refractivity contribution in [1.82, 2.24) is 15.2 Å². The van der Waals surface area contributed by atoms with Crippen molar-refractivity contribution in [3.8, 4) is 5.75 Å². The van der Waals surface area contributed by atoms with Crippen LogP contribution in [0.4, 0.5) is 5.95 Å². The zero-order valence-corrected chi connectivity index (χ0v) is 9.48. The smallest absolute Gasteiger partial charge is 0.261 e. The van der Waals surface area contributed by atoms with Gasteiger partial charge >= 0.3 is 0 Å². The molecule has 0 saturated carbocycles. The largest absolute Gasteiger partial charge is 0.507 e. The number of carbonyl (C=O) groups excluding carboxylic acids is 1. The Morgan fingerprint density at radius 3 is 2.76 bits per heavy atom. The number of aryl methyl sites for hydroxylation is 2. The second-order valence-corrected chi connectivity index (χ2v) is 3.72. The highest BCUT2D eigenvalue weighted by Gasteiger charge is 2.12. The molecule has 6 heteroatoms. The predicted molar refractivity (Wildman–Crippen MR) is 61.9 cm³/mol. The minimum Gasteiger partial charge on any atom is -0.507 e. The van der Waals surface area contributed by atoms with Gasteiger partial charge in [-0.05, 0) is 31.5 Å². The van der Waals surface area contributed by atoms with Gasteiger partial charge in [0.25, 0.3) is 5.91 Å². The third kappa shape index (κ3) is 2.41. The Hall–Kier alpha value is -2.37. The summed E-state index contributed by atoms with van der Waals surface area (Å²) in [5.41, 5.74) is 1.07. The highest BCUT2D eigenvalue weighted by Crippen LogP contribution is 2.19. The van der Waals surface area contributed by atoms with Gasteiger partial charge in [0.05, 0.1) is 5.56 Å². The molecule has 88 valence electrons. The molecule has 0 unspecified atom stereocenters. The fraction of sp³-hybridized carbons (Fsp3) is 0.182. The molecule has 0 aliphatic heterocycles. The highest BCUT2D eigenvalue weighted by molar-refractivity contribution is 6.05. The van der Waals surface area contributed by atoms with Gasteiger partial charge in [0.1, 0.15) is 11.6 Å². The lowest BCUT2D eigenvalue weighted by Crippen LogP contribution is -2.13. The fourth-order valence-electron chi connectivity index (χ4n) is 1.40. The summed E-state index contributed by atoms with van der Waals surface area (Å²) in [4.78, 5) is 15.7. The van der Waals surface area contributed by atoms with Crippen LogP contribution in [0.15, 0.2) is 18.2 Å². The van der Waals surface area contributed by atoms with E-state index in [1.165, 1.54) is 6.07 Å². The number of phenols is 1. The molecule has 6 nitrogen and oxygen atoms in total. The van der Waals surface area contributed by atoms with E-state index in [1.807, 2.05) is 6.92 Å². The van der Waals surface area contributed by atoms with Gasteiger partial charge < -0.3 is 5.11 Å². The van der Waals surface area contributed by atoms with Crippen molar-refractivity contribution in [2.24, 2.45) is 0 Å². The third-order valence-corrected chi connectivity index (χ3v) is 2.22. The van der Waals surface area contributed by atoms with Crippen molar-refractivity contribution < 1.29 is 9.90 Å². The molecule has 0 aliphatic carbocycles. The normalized spacial score (nSPS) is 10.2. The molecule has 3 N–H and O–H groups in total. The predicted octanol–water partition coefficient (Wildman–Crippen LogP) is 1.38. The van der Waals surface area contributed by atoms with Gasteiger partial charge in [0.2, 0.25) is 5.95 Å². The van der Waals surface area contributed by atoms with Gasteiger partial charge in [-0.15, -0.1) is 5.10 Å². The van der Waals surface area contributed by atoms with Crippen LogP contribution in [0.3, 0.4) is 0 Å². The third-order valence-electron chi connectivity index (χ3n) is 2.22. The van der Waals surface area contributed by atoms with Crippen LogP contribution in [0.2, 0.25) is 0 Å². The summed E-state index contributed by atoms with van der Waals surface area (Å²) >= 11 is 0. The van der Waals surface area contributed by atoms with E-state index in [4.69, 9.17) is 0 Å².